The van der Waals surface area contributed by atoms with E-state index in [1.165, 1.54) is 37.7 Å². The third kappa shape index (κ3) is 4.44. The molecule has 1 heterocycles. The van der Waals surface area contributed by atoms with Crippen LogP contribution in [-0.4, -0.2) is 24.6 Å². The summed E-state index contributed by atoms with van der Waals surface area (Å²) in [7, 11) is 2.20. The standard InChI is InChI=1S/C18H31N3/c1-5-12-19-15(3)16-8-11-18(20-13-16)21(4)17-9-6-14(2)7-10-17/h8,11,13-15,17,19H,5-7,9-10,12H2,1-4H3. The molecule has 0 amide bonds. The van der Waals surface area contributed by atoms with Crippen molar-refractivity contribution in [2.24, 2.45) is 5.92 Å². The maximum atomic E-state index is 4.69. The van der Waals surface area contributed by atoms with Gasteiger partial charge in [0.05, 0.1) is 0 Å². The molecule has 1 aromatic heterocycles. The Balaban J connectivity index is 1.94. The Labute approximate surface area is 130 Å². The molecule has 3 heteroatoms. The molecule has 1 unspecified atom stereocenters. The van der Waals surface area contributed by atoms with Crippen molar-refractivity contribution in [3.05, 3.63) is 23.9 Å². The first-order valence-corrected chi connectivity index (χ1v) is 8.54. The number of aromatic nitrogens is 1. The van der Waals surface area contributed by atoms with Crippen molar-refractivity contribution in [1.29, 1.82) is 0 Å². The van der Waals surface area contributed by atoms with E-state index in [-0.39, 0.29) is 0 Å². The molecule has 0 aliphatic heterocycles. The Bertz CT molecular complexity index is 407. The van der Waals surface area contributed by atoms with E-state index in [1.807, 2.05) is 6.20 Å². The van der Waals surface area contributed by atoms with Gasteiger partial charge >= 0.3 is 0 Å². The van der Waals surface area contributed by atoms with Crippen molar-refractivity contribution in [2.45, 2.75) is 65.0 Å². The van der Waals surface area contributed by atoms with Gasteiger partial charge in [0, 0.05) is 25.3 Å². The summed E-state index contributed by atoms with van der Waals surface area (Å²) in [4.78, 5) is 7.06. The SMILES string of the molecule is CCCNC(C)c1ccc(N(C)C2CCC(C)CC2)nc1. The highest BCUT2D eigenvalue weighted by Crippen LogP contribution is 2.28. The molecule has 1 aliphatic carbocycles. The average Bonchev–Trinajstić information content (AvgIpc) is 2.53. The molecule has 1 fully saturated rings. The zero-order chi connectivity index (χ0) is 15.2. The second kappa shape index (κ2) is 7.79. The lowest BCUT2D eigenvalue weighted by atomic mass is 9.87. The number of nitrogens with one attached hydrogen (secondary N) is 1. The van der Waals surface area contributed by atoms with Crippen LogP contribution < -0.4 is 10.2 Å². The highest BCUT2D eigenvalue weighted by atomic mass is 15.2. The van der Waals surface area contributed by atoms with Crippen LogP contribution in [0.2, 0.25) is 0 Å². The van der Waals surface area contributed by atoms with Gasteiger partial charge in [-0.3, -0.25) is 0 Å². The molecule has 0 aromatic carbocycles. The average molecular weight is 289 g/mol. The van der Waals surface area contributed by atoms with Crippen LogP contribution in [0.15, 0.2) is 18.3 Å². The molecule has 0 radical (unpaired) electrons. The molecular formula is C18H31N3. The number of nitrogens with zero attached hydrogens (tertiary/aromatic N) is 2. The monoisotopic (exact) mass is 289 g/mol. The molecule has 21 heavy (non-hydrogen) atoms. The maximum absolute atomic E-state index is 4.69. The normalized spacial score (nSPS) is 23.8. The van der Waals surface area contributed by atoms with E-state index in [0.717, 1.165) is 18.3 Å². The molecule has 118 valence electrons. The minimum Gasteiger partial charge on any atom is -0.357 e. The minimum absolute atomic E-state index is 0.382. The van der Waals surface area contributed by atoms with Crippen molar-refractivity contribution in [3.8, 4) is 0 Å². The number of hydrogen-bond acceptors (Lipinski definition) is 3. The van der Waals surface area contributed by atoms with Gasteiger partial charge in [0.15, 0.2) is 0 Å². The Kier molecular flexibility index (Phi) is 6.04. The third-order valence-corrected chi connectivity index (χ3v) is 4.87. The fourth-order valence-corrected chi connectivity index (χ4v) is 3.16. The summed E-state index contributed by atoms with van der Waals surface area (Å²) in [5, 5.41) is 3.51. The molecule has 0 saturated heterocycles. The van der Waals surface area contributed by atoms with E-state index in [9.17, 15) is 0 Å². The van der Waals surface area contributed by atoms with Gasteiger partial charge in [-0.05, 0) is 63.1 Å². The lowest BCUT2D eigenvalue weighted by molar-refractivity contribution is 0.340. The fourth-order valence-electron chi connectivity index (χ4n) is 3.16. The first-order valence-electron chi connectivity index (χ1n) is 8.54. The van der Waals surface area contributed by atoms with Crippen LogP contribution in [0.5, 0.6) is 0 Å². The van der Waals surface area contributed by atoms with E-state index in [1.54, 1.807) is 0 Å². The highest BCUT2D eigenvalue weighted by Gasteiger charge is 2.22. The second-order valence-electron chi connectivity index (χ2n) is 6.65. The van der Waals surface area contributed by atoms with Crippen LogP contribution in [0.3, 0.4) is 0 Å². The van der Waals surface area contributed by atoms with Crippen LogP contribution in [0.25, 0.3) is 0 Å². The molecule has 1 saturated carbocycles. The van der Waals surface area contributed by atoms with Crippen molar-refractivity contribution in [3.63, 3.8) is 0 Å². The van der Waals surface area contributed by atoms with Crippen molar-refractivity contribution in [1.82, 2.24) is 10.3 Å². The Morgan fingerprint density at radius 1 is 1.29 bits per heavy atom. The van der Waals surface area contributed by atoms with Gasteiger partial charge in [-0.25, -0.2) is 4.98 Å². The minimum atomic E-state index is 0.382. The number of rotatable bonds is 6. The van der Waals surface area contributed by atoms with Gasteiger partial charge in [-0.2, -0.15) is 0 Å². The lowest BCUT2D eigenvalue weighted by Crippen LogP contribution is -2.35. The molecular weight excluding hydrogens is 258 g/mol. The molecule has 1 atom stereocenters. The quantitative estimate of drug-likeness (QED) is 0.852. The first-order chi connectivity index (χ1) is 10.1. The summed E-state index contributed by atoms with van der Waals surface area (Å²) in [5.74, 6) is 2.01. The third-order valence-electron chi connectivity index (χ3n) is 4.87. The van der Waals surface area contributed by atoms with E-state index in [4.69, 9.17) is 0 Å². The Morgan fingerprint density at radius 2 is 2.00 bits per heavy atom. The van der Waals surface area contributed by atoms with Gasteiger partial charge in [0.2, 0.25) is 0 Å². The highest BCUT2D eigenvalue weighted by molar-refractivity contribution is 5.40. The van der Waals surface area contributed by atoms with Gasteiger partial charge in [0.1, 0.15) is 5.82 Å². The van der Waals surface area contributed by atoms with Crippen LogP contribution in [0.4, 0.5) is 5.82 Å². The topological polar surface area (TPSA) is 28.2 Å². The molecule has 3 nitrogen and oxygen atoms in total. The number of hydrogen-bond donors (Lipinski definition) is 1. The largest absolute Gasteiger partial charge is 0.357 e. The summed E-state index contributed by atoms with van der Waals surface area (Å²) in [6, 6.07) is 5.44. The van der Waals surface area contributed by atoms with Gasteiger partial charge in [0.25, 0.3) is 0 Å². The van der Waals surface area contributed by atoms with Gasteiger partial charge < -0.3 is 10.2 Å². The van der Waals surface area contributed by atoms with E-state index >= 15 is 0 Å². The summed E-state index contributed by atoms with van der Waals surface area (Å²) in [5.41, 5.74) is 1.28. The van der Waals surface area contributed by atoms with E-state index < -0.39 is 0 Å². The lowest BCUT2D eigenvalue weighted by Gasteiger charge is -2.34. The van der Waals surface area contributed by atoms with Crippen LogP contribution in [-0.2, 0) is 0 Å². The summed E-state index contributed by atoms with van der Waals surface area (Å²) < 4.78 is 0. The van der Waals surface area contributed by atoms with E-state index in [0.29, 0.717) is 12.1 Å². The van der Waals surface area contributed by atoms with Gasteiger partial charge in [-0.1, -0.05) is 19.9 Å². The van der Waals surface area contributed by atoms with Crippen LogP contribution >= 0.6 is 0 Å². The predicted octanol–water partition coefficient (Wildman–Crippen LogP) is 4.16. The summed E-state index contributed by atoms with van der Waals surface area (Å²) in [6.45, 7) is 7.83. The zero-order valence-electron chi connectivity index (χ0n) is 14.1. The molecule has 0 bridgehead atoms. The Hall–Kier alpha value is -1.09. The number of anilines is 1. The second-order valence-corrected chi connectivity index (χ2v) is 6.65. The predicted molar refractivity (Wildman–Crippen MR) is 90.8 cm³/mol. The summed E-state index contributed by atoms with van der Waals surface area (Å²) >= 11 is 0. The molecule has 1 aliphatic rings. The Morgan fingerprint density at radius 3 is 2.57 bits per heavy atom. The van der Waals surface area contributed by atoms with E-state index in [2.05, 4.69) is 55.2 Å². The first kappa shape index (κ1) is 16.3. The van der Waals surface area contributed by atoms with Crippen molar-refractivity contribution < 1.29 is 0 Å². The van der Waals surface area contributed by atoms with Crippen molar-refractivity contribution >= 4 is 5.82 Å². The molecule has 2 rings (SSSR count). The molecule has 1 aromatic rings. The fraction of sp³-hybridized carbons (Fsp3) is 0.722. The van der Waals surface area contributed by atoms with Crippen LogP contribution in [0, 0.1) is 5.92 Å². The molecule has 0 spiro atoms. The summed E-state index contributed by atoms with van der Waals surface area (Å²) in [6.07, 6.45) is 8.50. The van der Waals surface area contributed by atoms with Gasteiger partial charge in [-0.15, -0.1) is 0 Å². The number of pyridine rings is 1. The van der Waals surface area contributed by atoms with Crippen molar-refractivity contribution in [2.75, 3.05) is 18.5 Å². The maximum Gasteiger partial charge on any atom is 0.128 e. The smallest absolute Gasteiger partial charge is 0.128 e. The van der Waals surface area contributed by atoms with Crippen LogP contribution in [0.1, 0.15) is 64.5 Å². The molecule has 1 N–H and O–H groups in total. The zero-order valence-corrected chi connectivity index (χ0v) is 14.1.